The fourth-order valence-corrected chi connectivity index (χ4v) is 4.30. The molecule has 5 heteroatoms. The molecule has 29 heavy (non-hydrogen) atoms. The van der Waals surface area contributed by atoms with Crippen LogP contribution in [-0.2, 0) is 17.8 Å². The summed E-state index contributed by atoms with van der Waals surface area (Å²) in [5.41, 5.74) is 3.81. The third-order valence-corrected chi connectivity index (χ3v) is 5.98. The summed E-state index contributed by atoms with van der Waals surface area (Å²) >= 11 is 0. The Labute approximate surface area is 172 Å². The van der Waals surface area contributed by atoms with Gasteiger partial charge in [0.15, 0.2) is 11.5 Å². The predicted octanol–water partition coefficient (Wildman–Crippen LogP) is 3.38. The van der Waals surface area contributed by atoms with Crippen LogP contribution in [-0.4, -0.2) is 55.6 Å². The van der Waals surface area contributed by atoms with Gasteiger partial charge in [-0.3, -0.25) is 9.69 Å². The predicted molar refractivity (Wildman–Crippen MR) is 114 cm³/mol. The number of hydrogen-bond donors (Lipinski definition) is 0. The van der Waals surface area contributed by atoms with Crippen molar-refractivity contribution in [1.29, 1.82) is 0 Å². The van der Waals surface area contributed by atoms with E-state index >= 15 is 0 Å². The molecule has 0 bridgehead atoms. The number of nitrogens with zero attached hydrogens (tertiary/aromatic N) is 2. The van der Waals surface area contributed by atoms with Crippen molar-refractivity contribution in [2.24, 2.45) is 0 Å². The van der Waals surface area contributed by atoms with E-state index in [1.165, 1.54) is 11.1 Å². The minimum atomic E-state index is 0.0692. The van der Waals surface area contributed by atoms with Crippen molar-refractivity contribution in [2.75, 3.05) is 33.9 Å². The van der Waals surface area contributed by atoms with Crippen LogP contribution in [0.3, 0.4) is 0 Å². The lowest BCUT2D eigenvalue weighted by atomic mass is 9.98. The van der Waals surface area contributed by atoms with Gasteiger partial charge in [0.05, 0.1) is 14.2 Å². The van der Waals surface area contributed by atoms with Gasteiger partial charge < -0.3 is 14.4 Å². The molecular weight excluding hydrogens is 364 g/mol. The first-order valence-corrected chi connectivity index (χ1v) is 10.2. The topological polar surface area (TPSA) is 42.0 Å². The summed E-state index contributed by atoms with van der Waals surface area (Å²) in [7, 11) is 3.22. The fraction of sp³-hybridized carbons (Fsp3) is 0.375. The molecule has 2 aliphatic heterocycles. The number of carbonyl (C=O) groups is 1. The van der Waals surface area contributed by atoms with Gasteiger partial charge in [-0.15, -0.1) is 0 Å². The first kappa shape index (κ1) is 19.5. The van der Waals surface area contributed by atoms with Gasteiger partial charge in [0.25, 0.3) is 0 Å². The standard InChI is InChI=1S/C24H28N2O3/c1-28-22-9-7-18(15-23(22)29-2)8-10-24(27)26-14-12-21(17-26)25-13-11-19-5-3-4-6-20(19)16-25/h3-10,15,21H,11-14,16-17H2,1-2H3/b10-8+/t21-/m0/s1. The number of hydrogen-bond acceptors (Lipinski definition) is 4. The number of likely N-dealkylation sites (tertiary alicyclic amines) is 1. The van der Waals surface area contributed by atoms with Crippen LogP contribution in [0.5, 0.6) is 11.5 Å². The third-order valence-electron chi connectivity index (χ3n) is 5.98. The van der Waals surface area contributed by atoms with Gasteiger partial charge in [-0.1, -0.05) is 30.3 Å². The normalized spacial score (nSPS) is 19.4. The molecule has 152 valence electrons. The number of amides is 1. The van der Waals surface area contributed by atoms with Gasteiger partial charge in [-0.2, -0.15) is 0 Å². The molecule has 2 heterocycles. The average Bonchev–Trinajstić information content (AvgIpc) is 3.27. The molecule has 1 fully saturated rings. The zero-order chi connectivity index (χ0) is 20.2. The van der Waals surface area contributed by atoms with E-state index in [-0.39, 0.29) is 5.91 Å². The Morgan fingerprint density at radius 1 is 1.03 bits per heavy atom. The van der Waals surface area contributed by atoms with Gasteiger partial charge in [0.1, 0.15) is 0 Å². The van der Waals surface area contributed by atoms with Gasteiger partial charge in [0, 0.05) is 38.3 Å². The highest BCUT2D eigenvalue weighted by Crippen LogP contribution is 2.28. The molecule has 1 amide bonds. The molecule has 5 nitrogen and oxygen atoms in total. The second-order valence-corrected chi connectivity index (χ2v) is 7.66. The Kier molecular flexibility index (Phi) is 5.86. The molecule has 0 saturated carbocycles. The molecule has 2 aromatic carbocycles. The molecule has 2 aliphatic rings. The van der Waals surface area contributed by atoms with E-state index in [9.17, 15) is 4.79 Å². The SMILES string of the molecule is COc1ccc(/C=C/C(=O)N2CC[C@H](N3CCc4ccccc4C3)C2)cc1OC. The maximum Gasteiger partial charge on any atom is 0.246 e. The zero-order valence-corrected chi connectivity index (χ0v) is 17.1. The molecule has 0 spiro atoms. The number of ether oxygens (including phenoxy) is 2. The van der Waals surface area contributed by atoms with Crippen LogP contribution in [0.15, 0.2) is 48.5 Å². The van der Waals surface area contributed by atoms with E-state index in [0.29, 0.717) is 17.5 Å². The highest BCUT2D eigenvalue weighted by Gasteiger charge is 2.31. The van der Waals surface area contributed by atoms with Crippen LogP contribution < -0.4 is 9.47 Å². The highest BCUT2D eigenvalue weighted by atomic mass is 16.5. The van der Waals surface area contributed by atoms with Crippen LogP contribution in [0.1, 0.15) is 23.1 Å². The first-order chi connectivity index (χ1) is 14.2. The zero-order valence-electron chi connectivity index (χ0n) is 17.1. The third kappa shape index (κ3) is 4.30. The van der Waals surface area contributed by atoms with Crippen LogP contribution in [0.2, 0.25) is 0 Å². The summed E-state index contributed by atoms with van der Waals surface area (Å²) in [5.74, 6) is 1.41. The number of fused-ring (bicyclic) bond motifs is 1. The van der Waals surface area contributed by atoms with E-state index in [1.54, 1.807) is 20.3 Å². The molecule has 0 aromatic heterocycles. The van der Waals surface area contributed by atoms with E-state index in [2.05, 4.69) is 29.2 Å². The molecule has 1 saturated heterocycles. The Hall–Kier alpha value is -2.79. The summed E-state index contributed by atoms with van der Waals surface area (Å²) in [6.07, 6.45) is 5.64. The van der Waals surface area contributed by atoms with Crippen LogP contribution in [0.25, 0.3) is 6.08 Å². The van der Waals surface area contributed by atoms with Gasteiger partial charge in [-0.25, -0.2) is 0 Å². The Bertz CT molecular complexity index is 909. The Morgan fingerprint density at radius 3 is 2.62 bits per heavy atom. The van der Waals surface area contributed by atoms with Crippen molar-refractivity contribution in [1.82, 2.24) is 9.80 Å². The van der Waals surface area contributed by atoms with E-state index in [0.717, 1.165) is 44.6 Å². The molecule has 4 rings (SSSR count). The summed E-state index contributed by atoms with van der Waals surface area (Å²) in [6, 6.07) is 14.8. The van der Waals surface area contributed by atoms with Crippen molar-refractivity contribution in [3.8, 4) is 11.5 Å². The molecule has 1 atom stereocenters. The van der Waals surface area contributed by atoms with Crippen molar-refractivity contribution in [3.63, 3.8) is 0 Å². The summed E-state index contributed by atoms with van der Waals surface area (Å²) in [5, 5.41) is 0. The van der Waals surface area contributed by atoms with Crippen molar-refractivity contribution < 1.29 is 14.3 Å². The maximum absolute atomic E-state index is 12.7. The molecule has 0 radical (unpaired) electrons. The van der Waals surface area contributed by atoms with Crippen LogP contribution in [0.4, 0.5) is 0 Å². The Morgan fingerprint density at radius 2 is 1.83 bits per heavy atom. The number of rotatable bonds is 5. The lowest BCUT2D eigenvalue weighted by Crippen LogP contribution is -2.41. The quantitative estimate of drug-likeness (QED) is 0.732. The minimum Gasteiger partial charge on any atom is -0.493 e. The molecule has 2 aromatic rings. The summed E-state index contributed by atoms with van der Waals surface area (Å²) in [4.78, 5) is 17.2. The first-order valence-electron chi connectivity index (χ1n) is 10.2. The highest BCUT2D eigenvalue weighted by molar-refractivity contribution is 5.92. The second-order valence-electron chi connectivity index (χ2n) is 7.66. The smallest absolute Gasteiger partial charge is 0.246 e. The number of benzene rings is 2. The fourth-order valence-electron chi connectivity index (χ4n) is 4.30. The second kappa shape index (κ2) is 8.70. The molecule has 0 N–H and O–H groups in total. The van der Waals surface area contributed by atoms with Crippen molar-refractivity contribution >= 4 is 12.0 Å². The van der Waals surface area contributed by atoms with E-state index < -0.39 is 0 Å². The Balaban J connectivity index is 1.36. The average molecular weight is 392 g/mol. The number of methoxy groups -OCH3 is 2. The van der Waals surface area contributed by atoms with Gasteiger partial charge in [0.2, 0.25) is 5.91 Å². The van der Waals surface area contributed by atoms with Crippen molar-refractivity contribution in [2.45, 2.75) is 25.4 Å². The molecule has 0 unspecified atom stereocenters. The van der Waals surface area contributed by atoms with Gasteiger partial charge >= 0.3 is 0 Å². The monoisotopic (exact) mass is 392 g/mol. The van der Waals surface area contributed by atoms with Crippen molar-refractivity contribution in [3.05, 3.63) is 65.2 Å². The lowest BCUT2D eigenvalue weighted by molar-refractivity contribution is -0.125. The minimum absolute atomic E-state index is 0.0692. The van der Waals surface area contributed by atoms with Gasteiger partial charge in [-0.05, 0) is 47.7 Å². The van der Waals surface area contributed by atoms with Crippen LogP contribution in [0, 0.1) is 0 Å². The maximum atomic E-state index is 12.7. The molecular formula is C24H28N2O3. The lowest BCUT2D eigenvalue weighted by Gasteiger charge is -2.33. The number of carbonyl (C=O) groups excluding carboxylic acids is 1. The summed E-state index contributed by atoms with van der Waals surface area (Å²) in [6.45, 7) is 3.69. The van der Waals surface area contributed by atoms with E-state index in [4.69, 9.17) is 9.47 Å². The summed E-state index contributed by atoms with van der Waals surface area (Å²) < 4.78 is 10.6. The largest absolute Gasteiger partial charge is 0.493 e. The van der Waals surface area contributed by atoms with E-state index in [1.807, 2.05) is 29.2 Å². The molecule has 0 aliphatic carbocycles. The van der Waals surface area contributed by atoms with Crippen LogP contribution >= 0.6 is 0 Å².